The van der Waals surface area contributed by atoms with E-state index in [1.54, 1.807) is 14.2 Å². The first-order valence-electron chi connectivity index (χ1n) is 16.1. The number of unbranched alkanes of at least 4 members (excludes halogenated alkanes) is 2. The normalized spacial score (nSPS) is 17.2. The highest BCUT2D eigenvalue weighted by molar-refractivity contribution is 5.75. The Labute approximate surface area is 269 Å². The van der Waals surface area contributed by atoms with Crippen LogP contribution in [-0.2, 0) is 39.6 Å². The molecule has 1 aromatic rings. The van der Waals surface area contributed by atoms with Gasteiger partial charge in [0.05, 0.1) is 52.9 Å². The number of carbonyl (C=O) groups excluding carboxylic acids is 1. The molecule has 10 nitrogen and oxygen atoms in total. The second-order valence-electron chi connectivity index (χ2n) is 11.4. The zero-order valence-electron chi connectivity index (χ0n) is 28.1. The van der Waals surface area contributed by atoms with Crippen molar-refractivity contribution >= 4 is 5.97 Å². The zero-order valence-corrected chi connectivity index (χ0v) is 28.1. The van der Waals surface area contributed by atoms with E-state index < -0.39 is 12.3 Å². The number of methoxy groups -OCH3 is 2. The highest BCUT2D eigenvalue weighted by Gasteiger charge is 2.32. The minimum atomic E-state index is -1.24. The first-order valence-corrected chi connectivity index (χ1v) is 16.1. The molecule has 1 aliphatic rings. The van der Waals surface area contributed by atoms with E-state index in [-0.39, 0.29) is 31.7 Å². The molecule has 256 valence electrons. The number of carbonyl (C=O) groups is 1. The third-order valence-corrected chi connectivity index (χ3v) is 7.52. The summed E-state index contributed by atoms with van der Waals surface area (Å²) in [5.74, 6) is 0.305. The van der Waals surface area contributed by atoms with Crippen molar-refractivity contribution in [3.8, 4) is 11.5 Å². The van der Waals surface area contributed by atoms with Gasteiger partial charge < -0.3 is 43.0 Å². The highest BCUT2D eigenvalue weighted by atomic mass is 16.6. The molecule has 0 saturated carbocycles. The van der Waals surface area contributed by atoms with Crippen molar-refractivity contribution in [2.45, 2.75) is 71.5 Å². The van der Waals surface area contributed by atoms with Crippen LogP contribution >= 0.6 is 0 Å². The van der Waals surface area contributed by atoms with Crippen LogP contribution in [-0.4, -0.2) is 97.7 Å². The van der Waals surface area contributed by atoms with Crippen LogP contribution in [0.5, 0.6) is 11.5 Å². The Balaban J connectivity index is 2.33. The van der Waals surface area contributed by atoms with Gasteiger partial charge in [0.1, 0.15) is 24.7 Å². The average Bonchev–Trinajstić information content (AvgIpc) is 3.00. The van der Waals surface area contributed by atoms with E-state index in [0.29, 0.717) is 63.3 Å². The summed E-state index contributed by atoms with van der Waals surface area (Å²) in [6.07, 6.45) is 6.72. The van der Waals surface area contributed by atoms with Crippen LogP contribution in [0.2, 0.25) is 0 Å². The molecule has 45 heavy (non-hydrogen) atoms. The molecule has 1 aliphatic carbocycles. The monoisotopic (exact) mass is 636 g/mol. The van der Waals surface area contributed by atoms with E-state index in [9.17, 15) is 9.90 Å². The lowest BCUT2D eigenvalue weighted by atomic mass is 9.73. The number of rotatable bonds is 25. The molecule has 2 rings (SSSR count). The molecule has 0 aliphatic heterocycles. The quantitative estimate of drug-likeness (QED) is 0.0493. The van der Waals surface area contributed by atoms with Crippen LogP contribution < -0.4 is 9.47 Å². The number of hydrogen-bond donors (Lipinski definition) is 1. The number of allylic oxidation sites excluding steroid dienone is 3. The van der Waals surface area contributed by atoms with Gasteiger partial charge in [0.2, 0.25) is 6.29 Å². The molecule has 3 unspecified atom stereocenters. The smallest absolute Gasteiger partial charge is 0.337 e. The first kappa shape index (κ1) is 38.9. The van der Waals surface area contributed by atoms with Crippen molar-refractivity contribution in [1.82, 2.24) is 0 Å². The van der Waals surface area contributed by atoms with Gasteiger partial charge in [-0.3, -0.25) is 0 Å². The summed E-state index contributed by atoms with van der Waals surface area (Å²) < 4.78 is 44.1. The summed E-state index contributed by atoms with van der Waals surface area (Å²) in [7, 11) is 3.23. The molecule has 0 aromatic heterocycles. The number of aliphatic hydroxyl groups is 1. The number of hydrogen-bond acceptors (Lipinski definition) is 10. The van der Waals surface area contributed by atoms with Gasteiger partial charge >= 0.3 is 5.97 Å². The fraction of sp³-hybridized carbons (Fsp3) is 0.686. The Morgan fingerprint density at radius 2 is 1.56 bits per heavy atom. The molecule has 0 bridgehead atoms. The van der Waals surface area contributed by atoms with Crippen LogP contribution in [0, 0.1) is 5.92 Å². The van der Waals surface area contributed by atoms with Crippen molar-refractivity contribution in [3.63, 3.8) is 0 Å². The summed E-state index contributed by atoms with van der Waals surface area (Å²) >= 11 is 0. The lowest BCUT2D eigenvalue weighted by Gasteiger charge is -2.33. The summed E-state index contributed by atoms with van der Waals surface area (Å²) in [5.41, 5.74) is 3.94. The maximum atomic E-state index is 13.1. The highest BCUT2D eigenvalue weighted by Crippen LogP contribution is 2.47. The molecule has 0 radical (unpaired) electrons. The standard InChI is InChI=1S/C35H56O10/c1-7-8-9-10-28-22-31(44-33(36)24-42-19-17-40-15-13-38-5)35(30-21-27(4)11-12-29(30)26(2)3)32(23-28)45-34(37)25-43-20-18-41-16-14-39-6/h21-23,29-30,33,36H,2,7-20,24-25H2,1,3-6H3. The number of aliphatic hydroxyl groups excluding tert-OH is 1. The molecule has 0 amide bonds. The van der Waals surface area contributed by atoms with E-state index >= 15 is 0 Å². The molecule has 0 fully saturated rings. The Morgan fingerprint density at radius 3 is 2.20 bits per heavy atom. The van der Waals surface area contributed by atoms with Gasteiger partial charge in [-0.25, -0.2) is 4.79 Å². The van der Waals surface area contributed by atoms with Crippen LogP contribution in [0.25, 0.3) is 0 Å². The molecular weight excluding hydrogens is 580 g/mol. The van der Waals surface area contributed by atoms with Gasteiger partial charge in [0.15, 0.2) is 0 Å². The van der Waals surface area contributed by atoms with Gasteiger partial charge in [-0.1, -0.05) is 43.6 Å². The average molecular weight is 637 g/mol. The summed E-state index contributed by atoms with van der Waals surface area (Å²) in [6, 6.07) is 3.89. The summed E-state index contributed by atoms with van der Waals surface area (Å²) in [6.45, 7) is 13.5. The molecule has 10 heteroatoms. The Morgan fingerprint density at radius 1 is 0.933 bits per heavy atom. The molecule has 3 atom stereocenters. The molecular formula is C35H56O10. The molecule has 1 aromatic carbocycles. The largest absolute Gasteiger partial charge is 0.462 e. The lowest BCUT2D eigenvalue weighted by molar-refractivity contribution is -0.140. The minimum Gasteiger partial charge on any atom is -0.462 e. The van der Waals surface area contributed by atoms with E-state index in [1.807, 2.05) is 19.1 Å². The topological polar surface area (TPSA) is 111 Å². The fourth-order valence-electron chi connectivity index (χ4n) is 5.19. The molecule has 0 heterocycles. The number of ether oxygens (including phenoxy) is 8. The summed E-state index contributed by atoms with van der Waals surface area (Å²) in [4.78, 5) is 13.1. The van der Waals surface area contributed by atoms with Gasteiger partial charge in [-0.05, 0) is 63.1 Å². The predicted octanol–water partition coefficient (Wildman–Crippen LogP) is 5.40. The van der Waals surface area contributed by atoms with Crippen molar-refractivity contribution in [2.24, 2.45) is 5.92 Å². The van der Waals surface area contributed by atoms with Gasteiger partial charge in [-0.15, -0.1) is 0 Å². The first-order chi connectivity index (χ1) is 21.8. The summed E-state index contributed by atoms with van der Waals surface area (Å²) in [5, 5.41) is 10.9. The Bertz CT molecular complexity index is 1020. The van der Waals surface area contributed by atoms with E-state index in [0.717, 1.165) is 49.7 Å². The predicted molar refractivity (Wildman–Crippen MR) is 173 cm³/mol. The van der Waals surface area contributed by atoms with E-state index in [1.165, 1.54) is 5.57 Å². The van der Waals surface area contributed by atoms with Gasteiger partial charge in [0, 0.05) is 25.7 Å². The van der Waals surface area contributed by atoms with Crippen molar-refractivity contribution < 1.29 is 47.8 Å². The van der Waals surface area contributed by atoms with Crippen molar-refractivity contribution in [1.29, 1.82) is 0 Å². The van der Waals surface area contributed by atoms with Crippen molar-refractivity contribution in [2.75, 3.05) is 80.3 Å². The molecule has 0 saturated heterocycles. The van der Waals surface area contributed by atoms with Crippen LogP contribution in [0.1, 0.15) is 69.9 Å². The van der Waals surface area contributed by atoms with Crippen molar-refractivity contribution in [3.05, 3.63) is 47.1 Å². The molecule has 1 N–H and O–H groups in total. The Hall–Kier alpha value is -2.31. The maximum absolute atomic E-state index is 13.1. The Kier molecular flexibility index (Phi) is 19.9. The van der Waals surface area contributed by atoms with Gasteiger partial charge in [0.25, 0.3) is 0 Å². The zero-order chi connectivity index (χ0) is 32.9. The molecule has 0 spiro atoms. The number of benzene rings is 1. The maximum Gasteiger partial charge on any atom is 0.337 e. The second-order valence-corrected chi connectivity index (χ2v) is 11.4. The third kappa shape index (κ3) is 15.2. The van der Waals surface area contributed by atoms with Crippen LogP contribution in [0.15, 0.2) is 35.9 Å². The van der Waals surface area contributed by atoms with E-state index in [2.05, 4.69) is 26.5 Å². The van der Waals surface area contributed by atoms with Crippen LogP contribution in [0.3, 0.4) is 0 Å². The van der Waals surface area contributed by atoms with Crippen LogP contribution in [0.4, 0.5) is 0 Å². The SMILES string of the molecule is C=C(C)C1CCC(C)=CC1c1c(OC(=O)COCCOCCOC)cc(CCCCC)cc1OC(O)COCCOCCOC. The minimum absolute atomic E-state index is 0.0496. The second kappa shape index (κ2) is 23.1. The number of esters is 1. The van der Waals surface area contributed by atoms with Gasteiger partial charge in [-0.2, -0.15) is 0 Å². The lowest BCUT2D eigenvalue weighted by Crippen LogP contribution is -2.26. The fourth-order valence-corrected chi connectivity index (χ4v) is 5.19. The number of aryl methyl sites for hydroxylation is 1. The third-order valence-electron chi connectivity index (χ3n) is 7.52. The van der Waals surface area contributed by atoms with E-state index in [4.69, 9.17) is 37.9 Å².